The van der Waals surface area contributed by atoms with E-state index in [1.165, 1.54) is 14.0 Å². The average Bonchev–Trinajstić information content (AvgIpc) is 2.29. The minimum atomic E-state index is -4.49. The molecule has 0 bridgehead atoms. The lowest BCUT2D eigenvalue weighted by atomic mass is 10.3. The first-order valence-corrected chi connectivity index (χ1v) is 3.44. The summed E-state index contributed by atoms with van der Waals surface area (Å²) in [5.74, 6) is -0.439. The Morgan fingerprint density at radius 3 is 2.31 bits per heavy atom. The molecule has 0 atom stereocenters. The van der Waals surface area contributed by atoms with Crippen molar-refractivity contribution < 1.29 is 18.0 Å². The summed E-state index contributed by atoms with van der Waals surface area (Å²) in [4.78, 5) is 10.8. The maximum Gasteiger partial charge on any atom is 0.435 e. The number of nitrogens with zero attached hydrogens (tertiary/aromatic N) is 2. The molecule has 1 rings (SSSR count). The van der Waals surface area contributed by atoms with Gasteiger partial charge < -0.3 is 0 Å². The Morgan fingerprint density at radius 1 is 1.54 bits per heavy atom. The topological polar surface area (TPSA) is 34.9 Å². The van der Waals surface area contributed by atoms with E-state index in [1.54, 1.807) is 0 Å². The number of hydrogen-bond donors (Lipinski definition) is 0. The molecule has 13 heavy (non-hydrogen) atoms. The van der Waals surface area contributed by atoms with Crippen LogP contribution in [0.3, 0.4) is 0 Å². The quantitative estimate of drug-likeness (QED) is 0.634. The van der Waals surface area contributed by atoms with Gasteiger partial charge in [0.25, 0.3) is 0 Å². The zero-order valence-corrected chi connectivity index (χ0v) is 7.01. The molecule has 0 unspecified atom stereocenters. The minimum Gasteiger partial charge on any atom is -0.293 e. The van der Waals surface area contributed by atoms with Crippen LogP contribution in [-0.2, 0) is 13.2 Å². The Kier molecular flexibility index (Phi) is 2.15. The van der Waals surface area contributed by atoms with Crippen LogP contribution < -0.4 is 0 Å². The molecule has 1 aromatic rings. The van der Waals surface area contributed by atoms with Gasteiger partial charge in [0.2, 0.25) is 0 Å². The second-order valence-corrected chi connectivity index (χ2v) is 2.59. The van der Waals surface area contributed by atoms with Gasteiger partial charge >= 0.3 is 6.18 Å². The number of aromatic nitrogens is 2. The number of alkyl halides is 3. The van der Waals surface area contributed by atoms with Crippen LogP contribution in [0.4, 0.5) is 13.2 Å². The van der Waals surface area contributed by atoms with Gasteiger partial charge in [-0.15, -0.1) is 0 Å². The van der Waals surface area contributed by atoms with Crippen LogP contribution in [0.15, 0.2) is 6.07 Å². The van der Waals surface area contributed by atoms with Gasteiger partial charge in [0.1, 0.15) is 5.69 Å². The third-order valence-corrected chi connectivity index (χ3v) is 1.53. The number of carbonyl (C=O) groups is 1. The maximum atomic E-state index is 12.1. The molecule has 72 valence electrons. The summed E-state index contributed by atoms with van der Waals surface area (Å²) in [5.41, 5.74) is -1.09. The first-order valence-electron chi connectivity index (χ1n) is 3.44. The molecule has 0 saturated heterocycles. The molecule has 0 saturated carbocycles. The van der Waals surface area contributed by atoms with Crippen LogP contribution in [0, 0.1) is 0 Å². The Balaban J connectivity index is 3.17. The molecular weight excluding hydrogens is 185 g/mol. The highest BCUT2D eigenvalue weighted by molar-refractivity contribution is 5.92. The second kappa shape index (κ2) is 2.86. The van der Waals surface area contributed by atoms with E-state index in [-0.39, 0.29) is 5.69 Å². The monoisotopic (exact) mass is 192 g/mol. The summed E-state index contributed by atoms with van der Waals surface area (Å²) in [6.07, 6.45) is -4.49. The molecule has 3 nitrogen and oxygen atoms in total. The number of carbonyl (C=O) groups excluding carboxylic acids is 1. The van der Waals surface area contributed by atoms with Gasteiger partial charge in [0, 0.05) is 14.0 Å². The number of halogens is 3. The van der Waals surface area contributed by atoms with Crippen molar-refractivity contribution in [3.8, 4) is 0 Å². The molecule has 1 heterocycles. The molecule has 0 aliphatic heterocycles. The SMILES string of the molecule is CC(=O)c1cc(C(F)(F)F)nn1C. The van der Waals surface area contributed by atoms with Crippen molar-refractivity contribution in [3.05, 3.63) is 17.5 Å². The zero-order valence-electron chi connectivity index (χ0n) is 7.01. The van der Waals surface area contributed by atoms with Crippen LogP contribution in [0.5, 0.6) is 0 Å². The van der Waals surface area contributed by atoms with Gasteiger partial charge in [-0.25, -0.2) is 0 Å². The molecular formula is C7H7F3N2O. The van der Waals surface area contributed by atoms with Crippen LogP contribution >= 0.6 is 0 Å². The van der Waals surface area contributed by atoms with Crippen molar-refractivity contribution >= 4 is 5.78 Å². The number of hydrogen-bond acceptors (Lipinski definition) is 2. The predicted octanol–water partition coefficient (Wildman–Crippen LogP) is 1.64. The fourth-order valence-electron chi connectivity index (χ4n) is 0.935. The third-order valence-electron chi connectivity index (χ3n) is 1.53. The number of ketones is 1. The summed E-state index contributed by atoms with van der Waals surface area (Å²) in [6.45, 7) is 1.19. The maximum absolute atomic E-state index is 12.1. The summed E-state index contributed by atoms with van der Waals surface area (Å²) >= 11 is 0. The van der Waals surface area contributed by atoms with Gasteiger partial charge in [-0.1, -0.05) is 0 Å². The number of Topliss-reactive ketones (excluding diaryl/α,β-unsaturated/α-hetero) is 1. The Labute approximate surface area is 72.2 Å². The van der Waals surface area contributed by atoms with E-state index in [4.69, 9.17) is 0 Å². The van der Waals surface area contributed by atoms with Crippen molar-refractivity contribution in [2.24, 2.45) is 7.05 Å². The van der Waals surface area contributed by atoms with Crippen molar-refractivity contribution in [3.63, 3.8) is 0 Å². The van der Waals surface area contributed by atoms with Crippen LogP contribution in [0.25, 0.3) is 0 Å². The normalized spacial score (nSPS) is 11.8. The van der Waals surface area contributed by atoms with Gasteiger partial charge in [-0.2, -0.15) is 18.3 Å². The summed E-state index contributed by atoms with van der Waals surface area (Å²) in [5, 5.41) is 3.17. The zero-order chi connectivity index (χ0) is 10.2. The molecule has 0 aromatic carbocycles. The summed E-state index contributed by atoms with van der Waals surface area (Å²) in [7, 11) is 1.30. The van der Waals surface area contributed by atoms with E-state index in [2.05, 4.69) is 5.10 Å². The van der Waals surface area contributed by atoms with E-state index in [1.807, 2.05) is 0 Å². The molecule has 0 amide bonds. The lowest BCUT2D eigenvalue weighted by molar-refractivity contribution is -0.141. The van der Waals surface area contributed by atoms with Gasteiger partial charge in [0.05, 0.1) is 0 Å². The third kappa shape index (κ3) is 1.88. The van der Waals surface area contributed by atoms with Crippen LogP contribution in [-0.4, -0.2) is 15.6 Å². The smallest absolute Gasteiger partial charge is 0.293 e. The van der Waals surface area contributed by atoms with Crippen molar-refractivity contribution in [1.29, 1.82) is 0 Å². The highest BCUT2D eigenvalue weighted by Crippen LogP contribution is 2.28. The molecule has 0 aliphatic carbocycles. The average molecular weight is 192 g/mol. The van der Waals surface area contributed by atoms with Crippen molar-refractivity contribution in [1.82, 2.24) is 9.78 Å². The Morgan fingerprint density at radius 2 is 2.08 bits per heavy atom. The lowest BCUT2D eigenvalue weighted by Crippen LogP contribution is -2.06. The summed E-state index contributed by atoms with van der Waals surface area (Å²) in [6, 6.07) is 0.738. The largest absolute Gasteiger partial charge is 0.435 e. The highest BCUT2D eigenvalue weighted by atomic mass is 19.4. The molecule has 1 aromatic heterocycles. The van der Waals surface area contributed by atoms with Gasteiger partial charge in [-0.3, -0.25) is 9.48 Å². The van der Waals surface area contributed by atoms with E-state index in [9.17, 15) is 18.0 Å². The molecule has 0 fully saturated rings. The first-order chi connectivity index (χ1) is 5.82. The molecule has 0 spiro atoms. The molecule has 6 heteroatoms. The Bertz CT molecular complexity index is 340. The number of rotatable bonds is 1. The molecule has 0 aliphatic rings. The predicted molar refractivity (Wildman–Crippen MR) is 38.2 cm³/mol. The van der Waals surface area contributed by atoms with E-state index >= 15 is 0 Å². The van der Waals surface area contributed by atoms with E-state index in [0.717, 1.165) is 10.7 Å². The highest BCUT2D eigenvalue weighted by Gasteiger charge is 2.34. The second-order valence-electron chi connectivity index (χ2n) is 2.59. The molecule has 0 radical (unpaired) electrons. The van der Waals surface area contributed by atoms with Crippen molar-refractivity contribution in [2.75, 3.05) is 0 Å². The van der Waals surface area contributed by atoms with Crippen molar-refractivity contribution in [2.45, 2.75) is 13.1 Å². The van der Waals surface area contributed by atoms with Gasteiger partial charge in [0.15, 0.2) is 11.5 Å². The molecule has 0 N–H and O–H groups in total. The van der Waals surface area contributed by atoms with Gasteiger partial charge in [-0.05, 0) is 6.07 Å². The van der Waals surface area contributed by atoms with Crippen LogP contribution in [0.2, 0.25) is 0 Å². The standard InChI is InChI=1S/C7H7F3N2O/c1-4(13)5-3-6(7(8,9)10)11-12(5)2/h3H,1-2H3. The fraction of sp³-hybridized carbons (Fsp3) is 0.429. The Hall–Kier alpha value is -1.33. The van der Waals surface area contributed by atoms with E-state index < -0.39 is 17.7 Å². The first kappa shape index (κ1) is 9.76. The summed E-state index contributed by atoms with van der Waals surface area (Å²) < 4.78 is 37.1. The lowest BCUT2D eigenvalue weighted by Gasteiger charge is -1.98. The minimum absolute atomic E-state index is 0.0488. The fourth-order valence-corrected chi connectivity index (χ4v) is 0.935. The van der Waals surface area contributed by atoms with Crippen LogP contribution in [0.1, 0.15) is 23.1 Å². The van der Waals surface area contributed by atoms with E-state index in [0.29, 0.717) is 0 Å². The number of aryl methyl sites for hydroxylation is 1.